The summed E-state index contributed by atoms with van der Waals surface area (Å²) in [7, 11) is 1.84. The van der Waals surface area contributed by atoms with Crippen LogP contribution in [0.5, 0.6) is 0 Å². The van der Waals surface area contributed by atoms with Gasteiger partial charge in [-0.3, -0.25) is 9.69 Å². The summed E-state index contributed by atoms with van der Waals surface area (Å²) in [6.45, 7) is 6.22. The van der Waals surface area contributed by atoms with Gasteiger partial charge in [0.25, 0.3) is 0 Å². The number of aryl methyl sites for hydroxylation is 1. The number of rotatable bonds is 5. The van der Waals surface area contributed by atoms with Gasteiger partial charge >= 0.3 is 0 Å². The Morgan fingerprint density at radius 2 is 2.30 bits per heavy atom. The van der Waals surface area contributed by atoms with E-state index in [4.69, 9.17) is 11.6 Å². The maximum absolute atomic E-state index is 11.5. The summed E-state index contributed by atoms with van der Waals surface area (Å²) in [6.07, 6.45) is 1.17. The second-order valence-electron chi connectivity index (χ2n) is 5.31. The number of carbonyl (C=O) groups excluding carboxylic acids is 1. The summed E-state index contributed by atoms with van der Waals surface area (Å²) in [6, 6.07) is 4.40. The van der Waals surface area contributed by atoms with Gasteiger partial charge in [0, 0.05) is 36.4 Å². The lowest BCUT2D eigenvalue weighted by molar-refractivity contribution is -0.127. The molecule has 0 N–H and O–H groups in total. The molecule has 3 nitrogen and oxygen atoms in total. The van der Waals surface area contributed by atoms with Gasteiger partial charge in [-0.05, 0) is 37.9 Å². The average molecular weight is 337 g/mol. The van der Waals surface area contributed by atoms with E-state index >= 15 is 0 Å². The second-order valence-corrected chi connectivity index (χ2v) is 6.95. The Bertz CT molecular complexity index is 439. The number of nitrogens with zero attached hydrogens (tertiary/aromatic N) is 2. The number of hydrogen-bond acceptors (Lipinski definition) is 3. The Morgan fingerprint density at radius 1 is 1.55 bits per heavy atom. The molecule has 2 rings (SSSR count). The molecule has 1 aromatic rings. The molecule has 20 heavy (non-hydrogen) atoms. The van der Waals surface area contributed by atoms with Crippen molar-refractivity contribution >= 4 is 41.3 Å². The van der Waals surface area contributed by atoms with Crippen LogP contribution in [-0.2, 0) is 11.3 Å². The first-order valence-corrected chi connectivity index (χ1v) is 8.01. The molecule has 6 heteroatoms. The Labute approximate surface area is 136 Å². The fraction of sp³-hybridized carbons (Fsp3) is 0.643. The third-order valence-corrected chi connectivity index (χ3v) is 4.83. The summed E-state index contributed by atoms with van der Waals surface area (Å²) in [5.41, 5.74) is 0. The Hall–Kier alpha value is -0.290. The van der Waals surface area contributed by atoms with Crippen molar-refractivity contribution in [3.8, 4) is 0 Å². The summed E-state index contributed by atoms with van der Waals surface area (Å²) in [5, 5.41) is 0. The molecular weight excluding hydrogens is 315 g/mol. The van der Waals surface area contributed by atoms with Crippen LogP contribution in [0.15, 0.2) is 12.1 Å². The number of amides is 1. The van der Waals surface area contributed by atoms with Crippen LogP contribution in [0.3, 0.4) is 0 Å². The number of likely N-dealkylation sites (tertiary alicyclic amines) is 1. The molecule has 0 aromatic carbocycles. The Kier molecular flexibility index (Phi) is 7.30. The van der Waals surface area contributed by atoms with Crippen LogP contribution < -0.4 is 0 Å². The Balaban J connectivity index is 0.00000200. The maximum Gasteiger partial charge on any atom is 0.237 e. The quantitative estimate of drug-likeness (QED) is 0.771. The lowest BCUT2D eigenvalue weighted by atomic mass is 10.1. The number of hydrogen-bond donors (Lipinski definition) is 0. The van der Waals surface area contributed by atoms with E-state index in [1.807, 2.05) is 18.4 Å². The number of alkyl halides is 1. The molecule has 2 heterocycles. The molecule has 0 saturated carbocycles. The number of halogens is 2. The van der Waals surface area contributed by atoms with Crippen molar-refractivity contribution in [2.75, 3.05) is 32.6 Å². The van der Waals surface area contributed by atoms with E-state index in [1.165, 1.54) is 16.2 Å². The highest BCUT2D eigenvalue weighted by Gasteiger charge is 2.24. The molecule has 1 amide bonds. The fourth-order valence-electron chi connectivity index (χ4n) is 2.59. The summed E-state index contributed by atoms with van der Waals surface area (Å²) >= 11 is 7.44. The minimum Gasteiger partial charge on any atom is -0.344 e. The lowest BCUT2D eigenvalue weighted by Crippen LogP contribution is -2.33. The molecule has 1 saturated heterocycles. The molecule has 0 radical (unpaired) electrons. The zero-order chi connectivity index (χ0) is 13.8. The van der Waals surface area contributed by atoms with Gasteiger partial charge in [-0.15, -0.1) is 35.3 Å². The van der Waals surface area contributed by atoms with Crippen molar-refractivity contribution in [3.05, 3.63) is 21.9 Å². The summed E-state index contributed by atoms with van der Waals surface area (Å²) in [5.74, 6) is 0.689. The summed E-state index contributed by atoms with van der Waals surface area (Å²) in [4.78, 5) is 18.5. The predicted octanol–water partition coefficient (Wildman–Crippen LogP) is 3.00. The predicted molar refractivity (Wildman–Crippen MR) is 88.0 cm³/mol. The van der Waals surface area contributed by atoms with Crippen LogP contribution >= 0.6 is 35.3 Å². The first-order valence-electron chi connectivity index (χ1n) is 6.66. The lowest BCUT2D eigenvalue weighted by Gasteiger charge is -2.21. The van der Waals surface area contributed by atoms with Crippen LogP contribution in [0.25, 0.3) is 0 Å². The van der Waals surface area contributed by atoms with Crippen LogP contribution in [0.1, 0.15) is 16.2 Å². The SMILES string of the molecule is Cc1ccc(CN2CCC(CN(C)C(=O)CCl)C2)s1.Cl. The first kappa shape index (κ1) is 17.8. The molecular formula is C14H22Cl2N2OS. The number of carbonyl (C=O) groups is 1. The number of thiophene rings is 1. The van der Waals surface area contributed by atoms with Gasteiger partial charge in [0.2, 0.25) is 5.91 Å². The van der Waals surface area contributed by atoms with E-state index in [9.17, 15) is 4.79 Å². The molecule has 0 bridgehead atoms. The molecule has 1 aliphatic rings. The van der Waals surface area contributed by atoms with E-state index in [0.717, 1.165) is 26.2 Å². The van der Waals surface area contributed by atoms with Crippen molar-refractivity contribution < 1.29 is 4.79 Å². The summed E-state index contributed by atoms with van der Waals surface area (Å²) < 4.78 is 0. The van der Waals surface area contributed by atoms with Gasteiger partial charge < -0.3 is 4.90 Å². The van der Waals surface area contributed by atoms with Gasteiger partial charge in [0.05, 0.1) is 0 Å². The molecule has 1 aliphatic heterocycles. The van der Waals surface area contributed by atoms with Crippen molar-refractivity contribution in [2.24, 2.45) is 5.92 Å². The van der Waals surface area contributed by atoms with E-state index in [1.54, 1.807) is 4.90 Å². The van der Waals surface area contributed by atoms with E-state index in [0.29, 0.717) is 5.92 Å². The topological polar surface area (TPSA) is 23.6 Å². The van der Waals surface area contributed by atoms with Crippen molar-refractivity contribution in [2.45, 2.75) is 19.9 Å². The van der Waals surface area contributed by atoms with E-state index in [-0.39, 0.29) is 24.2 Å². The normalized spacial score (nSPS) is 18.9. The minimum absolute atomic E-state index is 0. The van der Waals surface area contributed by atoms with E-state index in [2.05, 4.69) is 24.0 Å². The highest BCUT2D eigenvalue weighted by molar-refractivity contribution is 7.11. The molecule has 0 spiro atoms. The molecule has 1 aromatic heterocycles. The smallest absolute Gasteiger partial charge is 0.237 e. The van der Waals surface area contributed by atoms with Crippen molar-refractivity contribution in [3.63, 3.8) is 0 Å². The van der Waals surface area contributed by atoms with E-state index < -0.39 is 0 Å². The van der Waals surface area contributed by atoms with Crippen LogP contribution in [0, 0.1) is 12.8 Å². The largest absolute Gasteiger partial charge is 0.344 e. The molecule has 1 atom stereocenters. The van der Waals surface area contributed by atoms with Gasteiger partial charge in [-0.2, -0.15) is 0 Å². The highest BCUT2D eigenvalue weighted by atomic mass is 35.5. The zero-order valence-electron chi connectivity index (χ0n) is 12.0. The van der Waals surface area contributed by atoms with Crippen molar-refractivity contribution in [1.82, 2.24) is 9.80 Å². The standard InChI is InChI=1S/C14H21ClN2OS.ClH/c1-11-3-4-13(19-11)10-17-6-5-12(9-17)8-16(2)14(18)7-15;/h3-4,12H,5-10H2,1-2H3;1H. The molecule has 0 aliphatic carbocycles. The second kappa shape index (κ2) is 8.23. The van der Waals surface area contributed by atoms with Gasteiger partial charge in [-0.25, -0.2) is 0 Å². The minimum atomic E-state index is 0. The molecule has 1 fully saturated rings. The van der Waals surface area contributed by atoms with Gasteiger partial charge in [0.15, 0.2) is 0 Å². The van der Waals surface area contributed by atoms with Crippen LogP contribution in [0.4, 0.5) is 0 Å². The third-order valence-electron chi connectivity index (χ3n) is 3.62. The Morgan fingerprint density at radius 3 is 2.90 bits per heavy atom. The third kappa shape index (κ3) is 4.92. The maximum atomic E-state index is 11.5. The van der Waals surface area contributed by atoms with Gasteiger partial charge in [-0.1, -0.05) is 0 Å². The van der Waals surface area contributed by atoms with Crippen LogP contribution in [-0.4, -0.2) is 48.3 Å². The first-order chi connectivity index (χ1) is 9.08. The highest BCUT2D eigenvalue weighted by Crippen LogP contribution is 2.22. The van der Waals surface area contributed by atoms with Gasteiger partial charge in [0.1, 0.15) is 5.88 Å². The molecule has 1 unspecified atom stereocenters. The fourth-order valence-corrected chi connectivity index (χ4v) is 3.72. The zero-order valence-corrected chi connectivity index (χ0v) is 14.4. The average Bonchev–Trinajstić information content (AvgIpc) is 2.98. The van der Waals surface area contributed by atoms with Crippen molar-refractivity contribution in [1.29, 1.82) is 0 Å². The monoisotopic (exact) mass is 336 g/mol. The molecule has 114 valence electrons. The van der Waals surface area contributed by atoms with Crippen LogP contribution in [0.2, 0.25) is 0 Å².